The minimum atomic E-state index is -3.36. The van der Waals surface area contributed by atoms with Gasteiger partial charge in [0.2, 0.25) is 10.0 Å². The van der Waals surface area contributed by atoms with E-state index in [-0.39, 0.29) is 0 Å². The summed E-state index contributed by atoms with van der Waals surface area (Å²) < 4.78 is 23.7. The van der Waals surface area contributed by atoms with Crippen LogP contribution in [0.5, 0.6) is 0 Å². The van der Waals surface area contributed by atoms with Crippen LogP contribution in [0.2, 0.25) is 0 Å². The average Bonchev–Trinajstić information content (AvgIpc) is 1.99. The van der Waals surface area contributed by atoms with E-state index in [2.05, 4.69) is 0 Å². The zero-order valence-corrected chi connectivity index (χ0v) is 9.00. The van der Waals surface area contributed by atoms with Gasteiger partial charge in [-0.2, -0.15) is 5.26 Å². The van der Waals surface area contributed by atoms with Gasteiger partial charge >= 0.3 is 0 Å². The van der Waals surface area contributed by atoms with E-state index in [1.807, 2.05) is 19.0 Å². The van der Waals surface area contributed by atoms with Crippen LogP contribution < -0.4 is 0 Å². The summed E-state index contributed by atoms with van der Waals surface area (Å²) in [5.41, 5.74) is 0. The van der Waals surface area contributed by atoms with Gasteiger partial charge in [0.25, 0.3) is 0 Å². The van der Waals surface area contributed by atoms with E-state index in [1.54, 1.807) is 6.07 Å². The second-order valence-corrected chi connectivity index (χ2v) is 5.12. The molecule has 0 aromatic rings. The molecule has 0 atom stereocenters. The Labute approximate surface area is 79.6 Å². The lowest BCUT2D eigenvalue weighted by Gasteiger charge is -2.17. The molecule has 0 aromatic heterocycles. The van der Waals surface area contributed by atoms with Crippen molar-refractivity contribution in [3.63, 3.8) is 0 Å². The first-order valence-electron chi connectivity index (χ1n) is 3.86. The predicted molar refractivity (Wildman–Crippen MR) is 50.6 cm³/mol. The standard InChI is InChI=1S/C7H15N3O2S/c1-9(2)5-6-10(3)13(11,12)7-4-8/h5-7H2,1-3H3. The van der Waals surface area contributed by atoms with Gasteiger partial charge < -0.3 is 4.90 Å². The molecule has 6 heteroatoms. The number of rotatable bonds is 5. The number of hydrogen-bond acceptors (Lipinski definition) is 4. The highest BCUT2D eigenvalue weighted by atomic mass is 32.2. The molecular weight excluding hydrogens is 190 g/mol. The highest BCUT2D eigenvalue weighted by Gasteiger charge is 2.16. The smallest absolute Gasteiger partial charge is 0.227 e. The lowest BCUT2D eigenvalue weighted by atomic mass is 10.6. The third-order valence-electron chi connectivity index (χ3n) is 1.58. The topological polar surface area (TPSA) is 64.4 Å². The first kappa shape index (κ1) is 12.4. The molecule has 0 radical (unpaired) electrons. The van der Waals surface area contributed by atoms with Crippen molar-refractivity contribution in [2.75, 3.05) is 40.0 Å². The molecule has 0 saturated carbocycles. The van der Waals surface area contributed by atoms with Gasteiger partial charge in [-0.3, -0.25) is 0 Å². The summed E-state index contributed by atoms with van der Waals surface area (Å²) in [6.07, 6.45) is 0. The van der Waals surface area contributed by atoms with E-state index in [4.69, 9.17) is 5.26 Å². The largest absolute Gasteiger partial charge is 0.308 e. The Kier molecular flexibility index (Phi) is 4.91. The number of nitriles is 1. The molecule has 5 nitrogen and oxygen atoms in total. The Hall–Kier alpha value is -0.640. The van der Waals surface area contributed by atoms with E-state index in [1.165, 1.54) is 11.4 Å². The zero-order chi connectivity index (χ0) is 10.5. The molecule has 0 aliphatic carbocycles. The van der Waals surface area contributed by atoms with Crippen LogP contribution in [0.3, 0.4) is 0 Å². The Morgan fingerprint density at radius 1 is 1.23 bits per heavy atom. The summed E-state index contributed by atoms with van der Waals surface area (Å²) in [5.74, 6) is -0.447. The van der Waals surface area contributed by atoms with Crippen LogP contribution in [0.1, 0.15) is 0 Å². The maximum atomic E-state index is 11.2. The van der Waals surface area contributed by atoms with Gasteiger partial charge in [0.05, 0.1) is 6.07 Å². The zero-order valence-electron chi connectivity index (χ0n) is 8.19. The van der Waals surface area contributed by atoms with Gasteiger partial charge in [0, 0.05) is 20.1 Å². The molecule has 0 fully saturated rings. The molecule has 0 amide bonds. The Morgan fingerprint density at radius 2 is 1.77 bits per heavy atom. The van der Waals surface area contributed by atoms with Crippen LogP contribution in [0.25, 0.3) is 0 Å². The number of nitrogens with zero attached hydrogens (tertiary/aromatic N) is 3. The van der Waals surface area contributed by atoms with Crippen LogP contribution in [0.4, 0.5) is 0 Å². The summed E-state index contributed by atoms with van der Waals surface area (Å²) in [6.45, 7) is 1.07. The van der Waals surface area contributed by atoms with Crippen molar-refractivity contribution in [2.45, 2.75) is 0 Å². The fourth-order valence-corrected chi connectivity index (χ4v) is 1.42. The monoisotopic (exact) mass is 205 g/mol. The Bertz CT molecular complexity index is 279. The normalized spacial score (nSPS) is 12.0. The van der Waals surface area contributed by atoms with Gasteiger partial charge in [-0.25, -0.2) is 12.7 Å². The first-order valence-corrected chi connectivity index (χ1v) is 5.47. The molecule has 0 spiro atoms. The quantitative estimate of drug-likeness (QED) is 0.597. The molecule has 13 heavy (non-hydrogen) atoms. The van der Waals surface area contributed by atoms with Crippen LogP contribution in [0.15, 0.2) is 0 Å². The van der Waals surface area contributed by atoms with Gasteiger partial charge in [-0.15, -0.1) is 0 Å². The van der Waals surface area contributed by atoms with E-state index >= 15 is 0 Å². The summed E-state index contributed by atoms with van der Waals surface area (Å²) in [6, 6.07) is 1.63. The van der Waals surface area contributed by atoms with Crippen LogP contribution in [-0.2, 0) is 10.0 Å². The van der Waals surface area contributed by atoms with Gasteiger partial charge in [0.15, 0.2) is 5.75 Å². The van der Waals surface area contributed by atoms with E-state index in [0.717, 1.165) is 0 Å². The predicted octanol–water partition coefficient (Wildman–Crippen LogP) is -0.667. The lowest BCUT2D eigenvalue weighted by Crippen LogP contribution is -2.34. The number of sulfonamides is 1. The highest BCUT2D eigenvalue weighted by molar-refractivity contribution is 7.89. The van der Waals surface area contributed by atoms with Crippen molar-refractivity contribution >= 4 is 10.0 Å². The van der Waals surface area contributed by atoms with Crippen molar-refractivity contribution in [3.05, 3.63) is 0 Å². The van der Waals surface area contributed by atoms with Crippen molar-refractivity contribution in [1.82, 2.24) is 9.21 Å². The Morgan fingerprint density at radius 3 is 2.15 bits per heavy atom. The van der Waals surface area contributed by atoms with E-state index in [0.29, 0.717) is 13.1 Å². The average molecular weight is 205 g/mol. The SMILES string of the molecule is CN(C)CCN(C)S(=O)(=O)CC#N. The molecular formula is C7H15N3O2S. The lowest BCUT2D eigenvalue weighted by molar-refractivity contribution is 0.359. The molecule has 0 aliphatic rings. The van der Waals surface area contributed by atoms with E-state index in [9.17, 15) is 8.42 Å². The van der Waals surface area contributed by atoms with Crippen LogP contribution in [-0.4, -0.2) is 57.6 Å². The van der Waals surface area contributed by atoms with Crippen molar-refractivity contribution < 1.29 is 8.42 Å². The third kappa shape index (κ3) is 4.83. The van der Waals surface area contributed by atoms with Gasteiger partial charge in [-0.1, -0.05) is 0 Å². The van der Waals surface area contributed by atoms with Crippen LogP contribution >= 0.6 is 0 Å². The second-order valence-electron chi connectivity index (χ2n) is 3.04. The highest BCUT2D eigenvalue weighted by Crippen LogP contribution is 1.96. The molecule has 0 aromatic carbocycles. The van der Waals surface area contributed by atoms with Crippen molar-refractivity contribution in [1.29, 1.82) is 5.26 Å². The Balaban J connectivity index is 4.12. The molecule has 0 heterocycles. The minimum Gasteiger partial charge on any atom is -0.308 e. The summed E-state index contributed by atoms with van der Waals surface area (Å²) in [5, 5.41) is 8.26. The van der Waals surface area contributed by atoms with Crippen LogP contribution in [0, 0.1) is 11.3 Å². The van der Waals surface area contributed by atoms with Crippen molar-refractivity contribution in [2.24, 2.45) is 0 Å². The summed E-state index contributed by atoms with van der Waals surface area (Å²) >= 11 is 0. The minimum absolute atomic E-state index is 0.414. The molecule has 0 rings (SSSR count). The third-order valence-corrected chi connectivity index (χ3v) is 3.21. The fourth-order valence-electron chi connectivity index (χ4n) is 0.672. The molecule has 0 aliphatic heterocycles. The summed E-state index contributed by atoms with van der Waals surface area (Å²) in [4.78, 5) is 1.89. The molecule has 0 unspecified atom stereocenters. The maximum absolute atomic E-state index is 11.2. The molecule has 0 bridgehead atoms. The van der Waals surface area contributed by atoms with Gasteiger partial charge in [0.1, 0.15) is 0 Å². The summed E-state index contributed by atoms with van der Waals surface area (Å²) in [7, 11) is 1.85. The van der Waals surface area contributed by atoms with E-state index < -0.39 is 15.8 Å². The number of likely N-dealkylation sites (N-methyl/N-ethyl adjacent to an activating group) is 2. The molecule has 0 saturated heterocycles. The number of hydrogen-bond donors (Lipinski definition) is 0. The van der Waals surface area contributed by atoms with Crippen molar-refractivity contribution in [3.8, 4) is 6.07 Å². The molecule has 76 valence electrons. The first-order chi connectivity index (χ1) is 5.90. The molecule has 0 N–H and O–H groups in total. The fraction of sp³-hybridized carbons (Fsp3) is 0.857. The van der Waals surface area contributed by atoms with Gasteiger partial charge in [-0.05, 0) is 14.1 Å². The second kappa shape index (κ2) is 5.17. The maximum Gasteiger partial charge on any atom is 0.227 e.